The number of unbranched alkanes of at least 4 members (excludes halogenated alkanes) is 4. The number of carboxylic acids is 1. The van der Waals surface area contributed by atoms with Crippen LogP contribution in [0.3, 0.4) is 0 Å². The van der Waals surface area contributed by atoms with Crippen molar-refractivity contribution in [2.75, 3.05) is 18.9 Å². The Balaban J connectivity index is 2.12. The van der Waals surface area contributed by atoms with E-state index in [2.05, 4.69) is 4.72 Å². The van der Waals surface area contributed by atoms with Crippen molar-refractivity contribution in [1.29, 1.82) is 0 Å². The maximum Gasteiger partial charge on any atom is 0.303 e. The highest BCUT2D eigenvalue weighted by Gasteiger charge is 2.11. The molecule has 170 valence electrons. The number of aliphatic carboxylic acids is 1. The van der Waals surface area contributed by atoms with Crippen LogP contribution in [0.2, 0.25) is 0 Å². The van der Waals surface area contributed by atoms with Crippen LogP contribution in [0.15, 0.2) is 24.3 Å². The molecule has 0 aromatic heterocycles. The summed E-state index contributed by atoms with van der Waals surface area (Å²) >= 11 is 0. The molecule has 0 saturated heterocycles. The molecule has 1 unspecified atom stereocenters. The summed E-state index contributed by atoms with van der Waals surface area (Å²) in [6.07, 6.45) is 3.69. The predicted molar refractivity (Wildman–Crippen MR) is 114 cm³/mol. The van der Waals surface area contributed by atoms with E-state index in [1.807, 2.05) is 0 Å². The molecule has 0 amide bonds. The summed E-state index contributed by atoms with van der Waals surface area (Å²) in [4.78, 5) is 21.8. The molecule has 0 spiro atoms. The van der Waals surface area contributed by atoms with Crippen LogP contribution in [0.5, 0.6) is 5.75 Å². The van der Waals surface area contributed by atoms with E-state index in [1.165, 1.54) is 6.92 Å². The number of hydrogen-bond donors (Lipinski definition) is 3. The molecule has 0 bridgehead atoms. The van der Waals surface area contributed by atoms with Crippen LogP contribution < -0.4 is 9.46 Å². The van der Waals surface area contributed by atoms with E-state index in [4.69, 9.17) is 9.84 Å². The van der Waals surface area contributed by atoms with Crippen molar-refractivity contribution in [3.63, 3.8) is 0 Å². The van der Waals surface area contributed by atoms with Gasteiger partial charge in [0.05, 0.1) is 11.9 Å². The minimum Gasteiger partial charge on any atom is -0.491 e. The largest absolute Gasteiger partial charge is 0.491 e. The van der Waals surface area contributed by atoms with Gasteiger partial charge in [0.2, 0.25) is 10.0 Å². The van der Waals surface area contributed by atoms with E-state index < -0.39 is 22.1 Å². The Kier molecular flexibility index (Phi) is 12.3. The SMILES string of the molecule is CC(=O)c1cccc(OCC(O)CCCCS(=O)(=O)NCCCCCCC(=O)O)c1. The van der Waals surface area contributed by atoms with Gasteiger partial charge in [0.25, 0.3) is 0 Å². The third-order valence-corrected chi connectivity index (χ3v) is 5.99. The Bertz CT molecular complexity index is 764. The maximum absolute atomic E-state index is 11.9. The van der Waals surface area contributed by atoms with Crippen molar-refractivity contribution in [3.05, 3.63) is 29.8 Å². The van der Waals surface area contributed by atoms with Crippen molar-refractivity contribution in [2.24, 2.45) is 0 Å². The number of aliphatic hydroxyl groups is 1. The Morgan fingerprint density at radius 1 is 1.10 bits per heavy atom. The average molecular weight is 444 g/mol. The number of benzene rings is 1. The van der Waals surface area contributed by atoms with Gasteiger partial charge in [0.1, 0.15) is 12.4 Å². The first-order valence-electron chi connectivity index (χ1n) is 10.3. The monoisotopic (exact) mass is 443 g/mol. The lowest BCUT2D eigenvalue weighted by atomic mass is 10.1. The average Bonchev–Trinajstić information content (AvgIpc) is 2.69. The fourth-order valence-corrected chi connectivity index (χ4v) is 3.99. The van der Waals surface area contributed by atoms with Gasteiger partial charge in [-0.1, -0.05) is 25.0 Å². The molecular weight excluding hydrogens is 410 g/mol. The van der Waals surface area contributed by atoms with E-state index in [0.29, 0.717) is 50.0 Å². The number of hydrogen-bond acceptors (Lipinski definition) is 6. The highest BCUT2D eigenvalue weighted by atomic mass is 32.2. The number of nitrogens with one attached hydrogen (secondary N) is 1. The van der Waals surface area contributed by atoms with Crippen LogP contribution >= 0.6 is 0 Å². The Morgan fingerprint density at radius 3 is 2.53 bits per heavy atom. The summed E-state index contributed by atoms with van der Waals surface area (Å²) in [6.45, 7) is 1.90. The van der Waals surface area contributed by atoms with Crippen LogP contribution in [0.25, 0.3) is 0 Å². The Hall–Kier alpha value is -1.97. The number of Topliss-reactive ketones (excluding diaryl/α,β-unsaturated/α-hetero) is 1. The Labute approximate surface area is 178 Å². The van der Waals surface area contributed by atoms with Gasteiger partial charge in [-0.25, -0.2) is 13.1 Å². The summed E-state index contributed by atoms with van der Waals surface area (Å²) in [6, 6.07) is 6.75. The first kappa shape index (κ1) is 26.1. The number of aliphatic hydroxyl groups excluding tert-OH is 1. The quantitative estimate of drug-likeness (QED) is 0.249. The summed E-state index contributed by atoms with van der Waals surface area (Å²) in [5.74, 6) is -0.361. The van der Waals surface area contributed by atoms with Gasteiger partial charge in [-0.2, -0.15) is 0 Å². The molecule has 1 aromatic rings. The maximum atomic E-state index is 11.9. The number of sulfonamides is 1. The first-order chi connectivity index (χ1) is 14.2. The lowest BCUT2D eigenvalue weighted by Gasteiger charge is -2.13. The normalized spacial score (nSPS) is 12.5. The number of carbonyl (C=O) groups excluding carboxylic acids is 1. The highest BCUT2D eigenvalue weighted by molar-refractivity contribution is 7.89. The number of carboxylic acid groups (broad SMARTS) is 1. The minimum atomic E-state index is -3.34. The van der Waals surface area contributed by atoms with Gasteiger partial charge in [0, 0.05) is 18.5 Å². The zero-order valence-corrected chi connectivity index (χ0v) is 18.3. The van der Waals surface area contributed by atoms with Gasteiger partial charge in [0.15, 0.2) is 5.78 Å². The van der Waals surface area contributed by atoms with Crippen molar-refractivity contribution >= 4 is 21.8 Å². The molecule has 0 aliphatic carbocycles. The number of carbonyl (C=O) groups is 2. The van der Waals surface area contributed by atoms with Gasteiger partial charge >= 0.3 is 5.97 Å². The van der Waals surface area contributed by atoms with Crippen molar-refractivity contribution < 1.29 is 33.0 Å². The molecule has 30 heavy (non-hydrogen) atoms. The standard InChI is InChI=1S/C21H33NO7S/c1-17(23)18-9-8-11-20(15-18)29-16-19(24)10-5-7-14-30(27,28)22-13-6-3-2-4-12-21(25)26/h8-9,11,15,19,22,24H,2-7,10,12-14,16H2,1H3,(H,25,26). The fourth-order valence-electron chi connectivity index (χ4n) is 2.81. The van der Waals surface area contributed by atoms with Crippen molar-refractivity contribution in [1.82, 2.24) is 4.72 Å². The van der Waals surface area contributed by atoms with E-state index in [1.54, 1.807) is 24.3 Å². The van der Waals surface area contributed by atoms with E-state index in [-0.39, 0.29) is 24.6 Å². The van der Waals surface area contributed by atoms with Gasteiger partial charge in [-0.05, 0) is 51.2 Å². The van der Waals surface area contributed by atoms with E-state index >= 15 is 0 Å². The molecular formula is C21H33NO7S. The van der Waals surface area contributed by atoms with Crippen LogP contribution in [0.1, 0.15) is 68.6 Å². The van der Waals surface area contributed by atoms with E-state index in [0.717, 1.165) is 12.8 Å². The summed E-state index contributed by atoms with van der Waals surface area (Å²) in [7, 11) is -3.34. The third-order valence-electron chi connectivity index (χ3n) is 4.52. The number of ether oxygens (including phenoxy) is 1. The first-order valence-corrected chi connectivity index (χ1v) is 12.0. The molecule has 0 heterocycles. The second-order valence-corrected chi connectivity index (χ2v) is 9.24. The van der Waals surface area contributed by atoms with Crippen LogP contribution in [-0.4, -0.2) is 55.4 Å². The molecule has 0 aliphatic heterocycles. The predicted octanol–water partition coefficient (Wildman–Crippen LogP) is 2.75. The molecule has 3 N–H and O–H groups in total. The molecule has 0 fully saturated rings. The summed E-state index contributed by atoms with van der Waals surface area (Å²) < 4.78 is 31.9. The molecule has 0 radical (unpaired) electrons. The molecule has 1 atom stereocenters. The van der Waals surface area contributed by atoms with E-state index in [9.17, 15) is 23.1 Å². The molecule has 1 aromatic carbocycles. The smallest absolute Gasteiger partial charge is 0.303 e. The van der Waals surface area contributed by atoms with Crippen molar-refractivity contribution in [3.8, 4) is 5.75 Å². The zero-order chi connectivity index (χ0) is 22.4. The molecule has 0 saturated carbocycles. The summed E-state index contributed by atoms with van der Waals surface area (Å²) in [5, 5.41) is 18.5. The lowest BCUT2D eigenvalue weighted by molar-refractivity contribution is -0.137. The van der Waals surface area contributed by atoms with Gasteiger partial charge in [-0.15, -0.1) is 0 Å². The van der Waals surface area contributed by atoms with Crippen LogP contribution in [0, 0.1) is 0 Å². The number of rotatable bonds is 17. The number of ketones is 1. The van der Waals surface area contributed by atoms with Crippen molar-refractivity contribution in [2.45, 2.75) is 64.4 Å². The lowest BCUT2D eigenvalue weighted by Crippen LogP contribution is -2.27. The topological polar surface area (TPSA) is 130 Å². The second kappa shape index (κ2) is 14.1. The van der Waals surface area contributed by atoms with Gasteiger partial charge in [-0.3, -0.25) is 9.59 Å². The molecule has 8 nitrogen and oxygen atoms in total. The van der Waals surface area contributed by atoms with Crippen LogP contribution in [0.4, 0.5) is 0 Å². The zero-order valence-electron chi connectivity index (χ0n) is 17.5. The minimum absolute atomic E-state index is 0.000246. The fraction of sp³-hybridized carbons (Fsp3) is 0.619. The molecule has 1 rings (SSSR count). The summed E-state index contributed by atoms with van der Waals surface area (Å²) in [5.41, 5.74) is 0.542. The molecule has 0 aliphatic rings. The molecule has 9 heteroatoms. The van der Waals surface area contributed by atoms with Gasteiger partial charge < -0.3 is 14.9 Å². The second-order valence-electron chi connectivity index (χ2n) is 7.32. The highest BCUT2D eigenvalue weighted by Crippen LogP contribution is 2.15. The third kappa shape index (κ3) is 12.6. The van der Waals surface area contributed by atoms with Crippen LogP contribution in [-0.2, 0) is 14.8 Å². The Morgan fingerprint density at radius 2 is 1.83 bits per heavy atom.